The molecule has 0 fully saturated rings. The smallest absolute Gasteiger partial charge is 0.243 e. The van der Waals surface area contributed by atoms with Crippen molar-refractivity contribution in [3.63, 3.8) is 0 Å². The van der Waals surface area contributed by atoms with Gasteiger partial charge in [0.15, 0.2) is 0 Å². The molecule has 4 rings (SSSR count). The summed E-state index contributed by atoms with van der Waals surface area (Å²) in [7, 11) is 5.42. The minimum absolute atomic E-state index is 0.0489. The van der Waals surface area contributed by atoms with Crippen LogP contribution in [-0.4, -0.2) is 48.7 Å². The molecule has 8 heteroatoms. The first kappa shape index (κ1) is 23.9. The van der Waals surface area contributed by atoms with E-state index in [0.717, 1.165) is 28.4 Å². The highest BCUT2D eigenvalue weighted by atomic mass is 16.5. The second-order valence-corrected chi connectivity index (χ2v) is 8.49. The molecule has 1 aromatic heterocycles. The van der Waals surface area contributed by atoms with Crippen molar-refractivity contribution < 1.29 is 14.3 Å². The van der Waals surface area contributed by atoms with E-state index in [9.17, 15) is 9.59 Å². The van der Waals surface area contributed by atoms with Crippen LogP contribution in [0.25, 0.3) is 0 Å². The molecule has 0 bridgehead atoms. The fourth-order valence-electron chi connectivity index (χ4n) is 3.91. The molecular formula is C27H29N5O3. The molecule has 0 radical (unpaired) electrons. The molecule has 0 saturated carbocycles. The lowest BCUT2D eigenvalue weighted by molar-refractivity contribution is -0.134. The molecule has 3 aromatic rings. The van der Waals surface area contributed by atoms with Crippen molar-refractivity contribution in [3.05, 3.63) is 84.1 Å². The van der Waals surface area contributed by atoms with Gasteiger partial charge in [0.05, 0.1) is 30.7 Å². The van der Waals surface area contributed by atoms with Gasteiger partial charge in [-0.05, 0) is 35.4 Å². The number of carbonyl (C=O) groups excluding carboxylic acids is 2. The van der Waals surface area contributed by atoms with E-state index in [-0.39, 0.29) is 30.7 Å². The molecule has 35 heavy (non-hydrogen) atoms. The molecule has 1 atom stereocenters. The lowest BCUT2D eigenvalue weighted by Gasteiger charge is -2.22. The number of benzene rings is 2. The summed E-state index contributed by atoms with van der Waals surface area (Å²) in [4.78, 5) is 31.9. The summed E-state index contributed by atoms with van der Waals surface area (Å²) in [6.45, 7) is 0. The second-order valence-electron chi connectivity index (χ2n) is 8.49. The maximum Gasteiger partial charge on any atom is 0.243 e. The molecule has 180 valence electrons. The van der Waals surface area contributed by atoms with Crippen LogP contribution in [0.1, 0.15) is 36.4 Å². The molecule has 0 spiro atoms. The summed E-state index contributed by atoms with van der Waals surface area (Å²) in [5.74, 6) is 1.10. The number of nitrogens with zero attached hydrogens (tertiary/aromatic N) is 4. The number of nitrogens with one attached hydrogen (secondary N) is 1. The summed E-state index contributed by atoms with van der Waals surface area (Å²) in [5, 5.41) is 8.99. The average Bonchev–Trinajstić information content (AvgIpc) is 3.34. The van der Waals surface area contributed by atoms with Gasteiger partial charge in [0.2, 0.25) is 11.8 Å². The van der Waals surface area contributed by atoms with Gasteiger partial charge >= 0.3 is 0 Å². The Morgan fingerprint density at radius 2 is 1.77 bits per heavy atom. The van der Waals surface area contributed by atoms with E-state index in [1.165, 1.54) is 5.01 Å². The fraction of sp³-hybridized carbons (Fsp3) is 0.259. The molecule has 2 heterocycles. The van der Waals surface area contributed by atoms with Crippen molar-refractivity contribution >= 4 is 29.0 Å². The predicted octanol–water partition coefficient (Wildman–Crippen LogP) is 4.25. The van der Waals surface area contributed by atoms with Gasteiger partial charge in [-0.1, -0.05) is 42.5 Å². The van der Waals surface area contributed by atoms with Crippen LogP contribution in [0.4, 0.5) is 11.5 Å². The largest absolute Gasteiger partial charge is 0.497 e. The van der Waals surface area contributed by atoms with Crippen molar-refractivity contribution in [2.75, 3.05) is 31.4 Å². The van der Waals surface area contributed by atoms with Crippen molar-refractivity contribution in [1.29, 1.82) is 0 Å². The van der Waals surface area contributed by atoms with E-state index in [0.29, 0.717) is 12.1 Å². The number of anilines is 2. The van der Waals surface area contributed by atoms with Gasteiger partial charge in [-0.15, -0.1) is 0 Å². The Kier molecular flexibility index (Phi) is 7.40. The van der Waals surface area contributed by atoms with Crippen molar-refractivity contribution in [2.24, 2.45) is 5.10 Å². The number of carbonyl (C=O) groups is 2. The van der Waals surface area contributed by atoms with E-state index < -0.39 is 0 Å². The number of amides is 2. The summed E-state index contributed by atoms with van der Waals surface area (Å²) < 4.78 is 5.27. The standard InChI is InChI=1S/C27H29N5O3/c1-31(2)25-14-11-21(18-28-25)29-26(33)15-16-27(34)32-24(20-9-12-22(35-3)13-10-20)17-23(30-32)19-7-5-4-6-8-19/h4-14,18,24H,15-17H2,1-3H3,(H,29,33)/t24-/m1/s1. The van der Waals surface area contributed by atoms with E-state index in [2.05, 4.69) is 15.4 Å². The van der Waals surface area contributed by atoms with E-state index >= 15 is 0 Å². The van der Waals surface area contributed by atoms with Gasteiger partial charge in [-0.2, -0.15) is 5.10 Å². The zero-order chi connectivity index (χ0) is 24.8. The Bertz CT molecular complexity index is 1190. The zero-order valence-corrected chi connectivity index (χ0v) is 20.1. The fourth-order valence-corrected chi connectivity index (χ4v) is 3.91. The van der Waals surface area contributed by atoms with Crippen molar-refractivity contribution in [1.82, 2.24) is 9.99 Å². The molecule has 1 aliphatic rings. The lowest BCUT2D eigenvalue weighted by Crippen LogP contribution is -2.28. The van der Waals surface area contributed by atoms with Crippen LogP contribution in [-0.2, 0) is 9.59 Å². The molecular weight excluding hydrogens is 442 g/mol. The van der Waals surface area contributed by atoms with Gasteiger partial charge in [-0.3, -0.25) is 9.59 Å². The number of methoxy groups -OCH3 is 1. The Labute approximate surface area is 205 Å². The highest BCUT2D eigenvalue weighted by Crippen LogP contribution is 2.34. The number of hydrazone groups is 1. The number of aromatic nitrogens is 1. The first-order valence-corrected chi connectivity index (χ1v) is 11.5. The van der Waals surface area contributed by atoms with E-state index in [1.54, 1.807) is 19.4 Å². The van der Waals surface area contributed by atoms with Gasteiger partial charge in [-0.25, -0.2) is 9.99 Å². The summed E-state index contributed by atoms with van der Waals surface area (Å²) in [5.41, 5.74) is 3.38. The van der Waals surface area contributed by atoms with Crippen LogP contribution in [0, 0.1) is 0 Å². The van der Waals surface area contributed by atoms with Crippen LogP contribution < -0.4 is 15.0 Å². The second kappa shape index (κ2) is 10.8. The number of rotatable bonds is 8. The highest BCUT2D eigenvalue weighted by molar-refractivity contribution is 6.03. The minimum Gasteiger partial charge on any atom is -0.497 e. The average molecular weight is 472 g/mol. The monoisotopic (exact) mass is 471 g/mol. The number of pyridine rings is 1. The number of ether oxygens (including phenoxy) is 1. The first-order chi connectivity index (χ1) is 16.9. The topological polar surface area (TPSA) is 87.1 Å². The lowest BCUT2D eigenvalue weighted by atomic mass is 9.98. The van der Waals surface area contributed by atoms with Crippen LogP contribution in [0.2, 0.25) is 0 Å². The van der Waals surface area contributed by atoms with Crippen molar-refractivity contribution in [3.8, 4) is 5.75 Å². The maximum atomic E-state index is 13.2. The van der Waals surface area contributed by atoms with E-state index in [4.69, 9.17) is 4.74 Å². The zero-order valence-electron chi connectivity index (χ0n) is 20.1. The number of hydrogen-bond acceptors (Lipinski definition) is 6. The summed E-state index contributed by atoms with van der Waals surface area (Å²) >= 11 is 0. The van der Waals surface area contributed by atoms with Gasteiger partial charge in [0.1, 0.15) is 11.6 Å². The van der Waals surface area contributed by atoms with Crippen LogP contribution in [0.15, 0.2) is 78.0 Å². The van der Waals surface area contributed by atoms with Crippen LogP contribution in [0.5, 0.6) is 5.75 Å². The SMILES string of the molecule is COc1ccc([C@H]2CC(c3ccccc3)=NN2C(=O)CCC(=O)Nc2ccc(N(C)C)nc2)cc1. The quantitative estimate of drug-likeness (QED) is 0.531. The molecule has 0 unspecified atom stereocenters. The van der Waals surface area contributed by atoms with Crippen molar-refractivity contribution in [2.45, 2.75) is 25.3 Å². The molecule has 2 aromatic carbocycles. The molecule has 8 nitrogen and oxygen atoms in total. The Balaban J connectivity index is 1.45. The first-order valence-electron chi connectivity index (χ1n) is 11.5. The Hall–Kier alpha value is -4.20. The third kappa shape index (κ3) is 5.84. The maximum absolute atomic E-state index is 13.2. The highest BCUT2D eigenvalue weighted by Gasteiger charge is 2.33. The van der Waals surface area contributed by atoms with E-state index in [1.807, 2.05) is 79.7 Å². The molecule has 1 N–H and O–H groups in total. The van der Waals surface area contributed by atoms with Gasteiger partial charge in [0, 0.05) is 33.4 Å². The molecule has 0 saturated heterocycles. The van der Waals surface area contributed by atoms with Crippen LogP contribution in [0.3, 0.4) is 0 Å². The van der Waals surface area contributed by atoms with Gasteiger partial charge in [0.25, 0.3) is 0 Å². The third-order valence-corrected chi connectivity index (χ3v) is 5.83. The summed E-state index contributed by atoms with van der Waals surface area (Å²) in [6, 6.07) is 20.9. The summed E-state index contributed by atoms with van der Waals surface area (Å²) in [6.07, 6.45) is 2.30. The van der Waals surface area contributed by atoms with Crippen LogP contribution >= 0.6 is 0 Å². The van der Waals surface area contributed by atoms with Gasteiger partial charge < -0.3 is 15.0 Å². The molecule has 0 aliphatic carbocycles. The molecule has 2 amide bonds. The Morgan fingerprint density at radius 3 is 2.40 bits per heavy atom. The predicted molar refractivity (Wildman–Crippen MR) is 137 cm³/mol. The number of hydrogen-bond donors (Lipinski definition) is 1. The third-order valence-electron chi connectivity index (χ3n) is 5.83. The normalized spacial score (nSPS) is 14.9. The molecule has 1 aliphatic heterocycles. The minimum atomic E-state index is -0.245. The Morgan fingerprint density at radius 1 is 1.03 bits per heavy atom.